The van der Waals surface area contributed by atoms with Gasteiger partial charge in [-0.2, -0.15) is 0 Å². The van der Waals surface area contributed by atoms with Crippen LogP contribution in [0.2, 0.25) is 0 Å². The largest absolute Gasteiger partial charge is 0.337 e. The molecule has 1 aromatic heterocycles. The molecule has 0 saturated heterocycles. The smallest absolute Gasteiger partial charge is 0.0945 e. The van der Waals surface area contributed by atoms with E-state index in [0.29, 0.717) is 0 Å². The Kier molecular flexibility index (Phi) is 3.00. The summed E-state index contributed by atoms with van der Waals surface area (Å²) < 4.78 is 2.09. The Bertz CT molecular complexity index is 156. The summed E-state index contributed by atoms with van der Waals surface area (Å²) in [6.45, 7) is 4.86. The summed E-state index contributed by atoms with van der Waals surface area (Å²) in [6.07, 6.45) is 9.10. The van der Waals surface area contributed by atoms with Crippen LogP contribution in [-0.4, -0.2) is 9.55 Å². The predicted octanol–water partition coefficient (Wildman–Crippen LogP) is 1.89. The number of imidazole rings is 1. The van der Waals surface area contributed by atoms with Crippen molar-refractivity contribution in [2.24, 2.45) is 0 Å². The van der Waals surface area contributed by atoms with Crippen LogP contribution in [0.5, 0.6) is 0 Å². The Balaban J connectivity index is 2.15. The van der Waals surface area contributed by atoms with E-state index in [2.05, 4.69) is 16.5 Å². The maximum atomic E-state index is 3.95. The van der Waals surface area contributed by atoms with Gasteiger partial charge in [0.15, 0.2) is 0 Å². The van der Waals surface area contributed by atoms with E-state index in [0.717, 1.165) is 13.0 Å². The molecule has 0 saturated carbocycles. The van der Waals surface area contributed by atoms with Gasteiger partial charge >= 0.3 is 0 Å². The van der Waals surface area contributed by atoms with Crippen LogP contribution in [0.1, 0.15) is 19.3 Å². The molecule has 55 valence electrons. The second kappa shape index (κ2) is 4.09. The van der Waals surface area contributed by atoms with Crippen molar-refractivity contribution in [3.63, 3.8) is 0 Å². The Morgan fingerprint density at radius 3 is 2.90 bits per heavy atom. The average molecular weight is 137 g/mol. The summed E-state index contributed by atoms with van der Waals surface area (Å²) in [5.41, 5.74) is 0. The quantitative estimate of drug-likeness (QED) is 0.579. The first-order valence-electron chi connectivity index (χ1n) is 3.68. The Hall–Kier alpha value is -0.790. The molecule has 1 aromatic rings. The number of aromatic nitrogens is 2. The summed E-state index contributed by atoms with van der Waals surface area (Å²) in [5.74, 6) is 0. The molecule has 0 aliphatic rings. The van der Waals surface area contributed by atoms with Gasteiger partial charge in [-0.15, -0.1) is 0 Å². The van der Waals surface area contributed by atoms with Crippen molar-refractivity contribution in [2.75, 3.05) is 0 Å². The first-order chi connectivity index (χ1) is 4.93. The van der Waals surface area contributed by atoms with Gasteiger partial charge in [-0.05, 0) is 6.42 Å². The van der Waals surface area contributed by atoms with Crippen LogP contribution in [0.15, 0.2) is 18.7 Å². The normalized spacial score (nSPS) is 10.1. The van der Waals surface area contributed by atoms with Gasteiger partial charge in [0.1, 0.15) is 0 Å². The minimum Gasteiger partial charge on any atom is -0.337 e. The van der Waals surface area contributed by atoms with Crippen LogP contribution in [0.3, 0.4) is 0 Å². The summed E-state index contributed by atoms with van der Waals surface area (Å²) in [7, 11) is 0. The van der Waals surface area contributed by atoms with Gasteiger partial charge in [0.05, 0.1) is 6.33 Å². The summed E-state index contributed by atoms with van der Waals surface area (Å²) in [6, 6.07) is 0. The molecule has 0 N–H and O–H groups in total. The van der Waals surface area contributed by atoms with E-state index >= 15 is 0 Å². The highest BCUT2D eigenvalue weighted by Crippen LogP contribution is 1.96. The number of hydrogen-bond donors (Lipinski definition) is 0. The summed E-state index contributed by atoms with van der Waals surface area (Å²) in [5, 5.41) is 0. The van der Waals surface area contributed by atoms with E-state index in [4.69, 9.17) is 0 Å². The third-order valence-electron chi connectivity index (χ3n) is 1.48. The van der Waals surface area contributed by atoms with Gasteiger partial charge in [-0.25, -0.2) is 4.98 Å². The summed E-state index contributed by atoms with van der Waals surface area (Å²) in [4.78, 5) is 3.95. The van der Waals surface area contributed by atoms with E-state index < -0.39 is 0 Å². The second-order valence-electron chi connectivity index (χ2n) is 2.36. The first-order valence-corrected chi connectivity index (χ1v) is 3.68. The van der Waals surface area contributed by atoms with Crippen molar-refractivity contribution in [3.05, 3.63) is 25.6 Å². The lowest BCUT2D eigenvalue weighted by molar-refractivity contribution is 0.613. The summed E-state index contributed by atoms with van der Waals surface area (Å²) >= 11 is 0. The third-order valence-corrected chi connectivity index (χ3v) is 1.48. The van der Waals surface area contributed by atoms with Crippen LogP contribution in [0.4, 0.5) is 0 Å². The average Bonchev–Trinajstić information content (AvgIpc) is 2.41. The van der Waals surface area contributed by atoms with E-state index in [9.17, 15) is 0 Å². The fourth-order valence-electron chi connectivity index (χ4n) is 0.890. The molecule has 0 amide bonds. The number of rotatable bonds is 4. The van der Waals surface area contributed by atoms with Crippen molar-refractivity contribution in [1.82, 2.24) is 9.55 Å². The molecule has 0 atom stereocenters. The second-order valence-corrected chi connectivity index (χ2v) is 2.36. The van der Waals surface area contributed by atoms with Crippen molar-refractivity contribution in [1.29, 1.82) is 0 Å². The predicted molar refractivity (Wildman–Crippen MR) is 41.4 cm³/mol. The zero-order valence-corrected chi connectivity index (χ0v) is 6.16. The van der Waals surface area contributed by atoms with Crippen molar-refractivity contribution < 1.29 is 0 Å². The van der Waals surface area contributed by atoms with Gasteiger partial charge in [-0.1, -0.05) is 19.8 Å². The molecule has 0 bridgehead atoms. The standard InChI is InChI=1S/C8H13N2/c1-2-3-4-6-10-7-5-9-8-10/h5,7-8H,1-4,6H2. The van der Waals surface area contributed by atoms with Crippen LogP contribution in [-0.2, 0) is 6.54 Å². The Morgan fingerprint density at radius 1 is 1.40 bits per heavy atom. The molecule has 2 heteroatoms. The highest BCUT2D eigenvalue weighted by Gasteiger charge is 1.87. The van der Waals surface area contributed by atoms with Crippen LogP contribution in [0.25, 0.3) is 0 Å². The molecule has 0 spiro atoms. The third kappa shape index (κ3) is 2.21. The Labute approximate surface area is 61.9 Å². The first kappa shape index (κ1) is 7.32. The number of unbranched alkanes of at least 4 members (excludes halogenated alkanes) is 2. The molecular formula is C8H13N2. The molecule has 0 aliphatic heterocycles. The monoisotopic (exact) mass is 137 g/mol. The zero-order chi connectivity index (χ0) is 7.23. The minimum absolute atomic E-state index is 1.04. The van der Waals surface area contributed by atoms with Crippen LogP contribution >= 0.6 is 0 Å². The fourth-order valence-corrected chi connectivity index (χ4v) is 0.890. The van der Waals surface area contributed by atoms with Gasteiger partial charge in [0, 0.05) is 18.9 Å². The molecule has 0 aliphatic carbocycles. The van der Waals surface area contributed by atoms with Gasteiger partial charge in [0.25, 0.3) is 0 Å². The van der Waals surface area contributed by atoms with Gasteiger partial charge < -0.3 is 4.57 Å². The van der Waals surface area contributed by atoms with Crippen molar-refractivity contribution in [3.8, 4) is 0 Å². The molecule has 10 heavy (non-hydrogen) atoms. The van der Waals surface area contributed by atoms with Crippen molar-refractivity contribution in [2.45, 2.75) is 25.8 Å². The number of nitrogens with zero attached hydrogens (tertiary/aromatic N) is 2. The van der Waals surface area contributed by atoms with E-state index in [1.54, 1.807) is 0 Å². The lowest BCUT2D eigenvalue weighted by Crippen LogP contribution is -1.93. The maximum Gasteiger partial charge on any atom is 0.0945 e. The lowest BCUT2D eigenvalue weighted by Gasteiger charge is -1.98. The highest BCUT2D eigenvalue weighted by atomic mass is 15.0. The molecule has 0 unspecified atom stereocenters. The number of hydrogen-bond acceptors (Lipinski definition) is 1. The molecule has 2 nitrogen and oxygen atoms in total. The SMILES string of the molecule is [CH2]CCCCn1ccnc1. The van der Waals surface area contributed by atoms with Gasteiger partial charge in [0.2, 0.25) is 0 Å². The molecule has 1 rings (SSSR count). The molecule has 0 fully saturated rings. The molecule has 0 aromatic carbocycles. The van der Waals surface area contributed by atoms with Crippen molar-refractivity contribution >= 4 is 0 Å². The lowest BCUT2D eigenvalue weighted by atomic mass is 10.2. The minimum atomic E-state index is 1.04. The Morgan fingerprint density at radius 2 is 2.30 bits per heavy atom. The topological polar surface area (TPSA) is 17.8 Å². The number of aryl methyl sites for hydroxylation is 1. The zero-order valence-electron chi connectivity index (χ0n) is 6.16. The van der Waals surface area contributed by atoms with Crippen LogP contribution < -0.4 is 0 Å². The fraction of sp³-hybridized carbons (Fsp3) is 0.500. The molecule has 1 heterocycles. The van der Waals surface area contributed by atoms with Gasteiger partial charge in [-0.3, -0.25) is 0 Å². The molecule has 1 radical (unpaired) electrons. The van der Waals surface area contributed by atoms with E-state index in [-0.39, 0.29) is 0 Å². The van der Waals surface area contributed by atoms with E-state index in [1.165, 1.54) is 12.8 Å². The van der Waals surface area contributed by atoms with Crippen LogP contribution in [0, 0.1) is 6.92 Å². The molecular weight excluding hydrogens is 124 g/mol. The highest BCUT2D eigenvalue weighted by molar-refractivity contribution is 4.73. The van der Waals surface area contributed by atoms with E-state index in [1.807, 2.05) is 18.7 Å². The maximum absolute atomic E-state index is 3.95.